The van der Waals surface area contributed by atoms with E-state index < -0.39 is 0 Å². The van der Waals surface area contributed by atoms with Crippen molar-refractivity contribution in [3.63, 3.8) is 0 Å². The minimum absolute atomic E-state index is 0.754. The van der Waals surface area contributed by atoms with Crippen LogP contribution in [0.2, 0.25) is 0 Å². The number of aromatic nitrogens is 4. The molecule has 0 saturated carbocycles. The lowest BCUT2D eigenvalue weighted by Crippen LogP contribution is -1.83. The van der Waals surface area contributed by atoms with E-state index in [2.05, 4.69) is 39.2 Å². The lowest BCUT2D eigenvalue weighted by atomic mass is 10.1. The second kappa shape index (κ2) is 5.88. The fourth-order valence-corrected chi connectivity index (χ4v) is 2.52. The van der Waals surface area contributed by atoms with Gasteiger partial charge in [0.15, 0.2) is 5.82 Å². The van der Waals surface area contributed by atoms with Gasteiger partial charge in [-0.2, -0.15) is 0 Å². The third-order valence-electron chi connectivity index (χ3n) is 2.88. The van der Waals surface area contributed by atoms with Gasteiger partial charge in [0.25, 0.3) is 0 Å². The molecule has 0 atom stereocenters. The van der Waals surface area contributed by atoms with Gasteiger partial charge < -0.3 is 0 Å². The number of thioether (sulfide) groups is 1. The average molecular weight is 282 g/mol. The largest absolute Gasteiger partial charge is 0.264 e. The van der Waals surface area contributed by atoms with E-state index >= 15 is 0 Å². The van der Waals surface area contributed by atoms with Gasteiger partial charge in [-0.05, 0) is 18.6 Å². The van der Waals surface area contributed by atoms with Crippen molar-refractivity contribution in [3.8, 4) is 11.4 Å². The van der Waals surface area contributed by atoms with Gasteiger partial charge >= 0.3 is 0 Å². The average Bonchev–Trinajstić information content (AvgIpc) is 2.96. The van der Waals surface area contributed by atoms with E-state index in [4.69, 9.17) is 0 Å². The number of pyridine rings is 1. The summed E-state index contributed by atoms with van der Waals surface area (Å²) in [7, 11) is 0. The molecule has 100 valence electrons. The number of rotatable bonds is 4. The van der Waals surface area contributed by atoms with E-state index in [9.17, 15) is 0 Å². The highest BCUT2D eigenvalue weighted by Crippen LogP contribution is 2.22. The monoisotopic (exact) mass is 282 g/mol. The van der Waals surface area contributed by atoms with Crippen molar-refractivity contribution < 1.29 is 0 Å². The summed E-state index contributed by atoms with van der Waals surface area (Å²) < 4.78 is 0. The standard InChI is InChI=1S/C15H14N4S/c1-11-4-6-13(7-5-11)14-17-15(19-18-14)20-10-12-3-2-8-16-9-12/h2-9H,10H2,1H3,(H,17,18,19). The lowest BCUT2D eigenvalue weighted by molar-refractivity contribution is 0.973. The molecule has 3 aromatic rings. The van der Waals surface area contributed by atoms with Gasteiger partial charge in [0.1, 0.15) is 0 Å². The Labute approximate surface area is 121 Å². The van der Waals surface area contributed by atoms with E-state index in [1.54, 1.807) is 18.0 Å². The van der Waals surface area contributed by atoms with E-state index in [1.165, 1.54) is 11.1 Å². The topological polar surface area (TPSA) is 54.5 Å². The molecule has 3 rings (SSSR count). The van der Waals surface area contributed by atoms with Gasteiger partial charge in [-0.25, -0.2) is 4.98 Å². The minimum atomic E-state index is 0.754. The number of nitrogens with zero attached hydrogens (tertiary/aromatic N) is 3. The Kier molecular flexibility index (Phi) is 3.78. The van der Waals surface area contributed by atoms with E-state index in [0.29, 0.717) is 0 Å². The van der Waals surface area contributed by atoms with Crippen LogP contribution >= 0.6 is 11.8 Å². The van der Waals surface area contributed by atoms with Crippen LogP contribution in [0.15, 0.2) is 53.9 Å². The summed E-state index contributed by atoms with van der Waals surface area (Å²) in [6.45, 7) is 2.07. The molecule has 0 spiro atoms. The summed E-state index contributed by atoms with van der Waals surface area (Å²) in [6.07, 6.45) is 3.64. The predicted octanol–water partition coefficient (Wildman–Crippen LogP) is 3.47. The second-order valence-corrected chi connectivity index (χ2v) is 5.43. The molecule has 0 unspecified atom stereocenters. The van der Waals surface area contributed by atoms with Gasteiger partial charge in [-0.3, -0.25) is 10.1 Å². The summed E-state index contributed by atoms with van der Waals surface area (Å²) in [4.78, 5) is 8.60. The minimum Gasteiger partial charge on any atom is -0.264 e. The number of benzene rings is 1. The molecule has 4 nitrogen and oxygen atoms in total. The van der Waals surface area contributed by atoms with Crippen LogP contribution in [0.4, 0.5) is 0 Å². The van der Waals surface area contributed by atoms with Crippen LogP contribution in [0.5, 0.6) is 0 Å². The van der Waals surface area contributed by atoms with Crippen LogP contribution in [-0.4, -0.2) is 20.2 Å². The van der Waals surface area contributed by atoms with Gasteiger partial charge in [-0.1, -0.05) is 47.7 Å². The Hall–Kier alpha value is -2.14. The first kappa shape index (κ1) is 12.9. The highest BCUT2D eigenvalue weighted by molar-refractivity contribution is 7.98. The van der Waals surface area contributed by atoms with Crippen LogP contribution in [0.1, 0.15) is 11.1 Å². The Morgan fingerprint density at radius 3 is 2.75 bits per heavy atom. The molecule has 0 aliphatic heterocycles. The number of hydrogen-bond acceptors (Lipinski definition) is 4. The van der Waals surface area contributed by atoms with E-state index in [-0.39, 0.29) is 0 Å². The maximum Gasteiger partial charge on any atom is 0.209 e. The third-order valence-corrected chi connectivity index (χ3v) is 3.80. The van der Waals surface area contributed by atoms with Crippen LogP contribution in [-0.2, 0) is 5.75 Å². The van der Waals surface area contributed by atoms with Crippen LogP contribution in [0.25, 0.3) is 11.4 Å². The first-order valence-electron chi connectivity index (χ1n) is 6.32. The van der Waals surface area contributed by atoms with Gasteiger partial charge in [0.05, 0.1) is 0 Å². The molecule has 0 saturated heterocycles. The van der Waals surface area contributed by atoms with Crippen molar-refractivity contribution in [2.45, 2.75) is 17.8 Å². The van der Waals surface area contributed by atoms with Crippen molar-refractivity contribution >= 4 is 11.8 Å². The number of H-pyrrole nitrogens is 1. The molecule has 0 radical (unpaired) electrons. The predicted molar refractivity (Wildman–Crippen MR) is 80.4 cm³/mol. The summed E-state index contributed by atoms with van der Waals surface area (Å²) in [5.74, 6) is 1.62. The van der Waals surface area contributed by atoms with Crippen LogP contribution < -0.4 is 0 Å². The lowest BCUT2D eigenvalue weighted by Gasteiger charge is -1.97. The molecule has 0 fully saturated rings. The Morgan fingerprint density at radius 2 is 2.00 bits per heavy atom. The van der Waals surface area contributed by atoms with Crippen molar-refractivity contribution in [1.29, 1.82) is 0 Å². The maximum atomic E-state index is 4.50. The summed E-state index contributed by atoms with van der Waals surface area (Å²) in [5, 5.41) is 7.97. The molecular formula is C15H14N4S. The molecule has 0 aliphatic rings. The second-order valence-electron chi connectivity index (χ2n) is 4.48. The zero-order valence-electron chi connectivity index (χ0n) is 11.1. The van der Waals surface area contributed by atoms with Gasteiger partial charge in [0.2, 0.25) is 5.16 Å². The molecule has 2 aromatic heterocycles. The fourth-order valence-electron chi connectivity index (χ4n) is 1.78. The van der Waals surface area contributed by atoms with Gasteiger partial charge in [0, 0.05) is 23.7 Å². The van der Waals surface area contributed by atoms with Crippen molar-refractivity contribution in [2.24, 2.45) is 0 Å². The Morgan fingerprint density at radius 1 is 1.15 bits per heavy atom. The van der Waals surface area contributed by atoms with Crippen molar-refractivity contribution in [2.75, 3.05) is 0 Å². The summed E-state index contributed by atoms with van der Waals surface area (Å²) >= 11 is 1.60. The molecule has 5 heteroatoms. The molecule has 0 amide bonds. The zero-order valence-corrected chi connectivity index (χ0v) is 11.9. The van der Waals surface area contributed by atoms with Crippen molar-refractivity contribution in [1.82, 2.24) is 20.2 Å². The quantitative estimate of drug-likeness (QED) is 0.744. The van der Waals surface area contributed by atoms with Crippen molar-refractivity contribution in [3.05, 3.63) is 59.9 Å². The zero-order chi connectivity index (χ0) is 13.8. The first-order chi connectivity index (χ1) is 9.81. The molecule has 0 bridgehead atoms. The molecule has 0 aliphatic carbocycles. The summed E-state index contributed by atoms with van der Waals surface area (Å²) in [6, 6.07) is 12.2. The number of aromatic amines is 1. The van der Waals surface area contributed by atoms with Crippen LogP contribution in [0.3, 0.4) is 0 Å². The maximum absolute atomic E-state index is 4.50. The normalized spacial score (nSPS) is 10.7. The highest BCUT2D eigenvalue weighted by Gasteiger charge is 2.06. The Balaban J connectivity index is 1.69. The Bertz CT molecular complexity index is 677. The third kappa shape index (κ3) is 3.05. The molecule has 20 heavy (non-hydrogen) atoms. The number of nitrogens with one attached hydrogen (secondary N) is 1. The molecule has 2 heterocycles. The number of aryl methyl sites for hydroxylation is 1. The smallest absolute Gasteiger partial charge is 0.209 e. The highest BCUT2D eigenvalue weighted by atomic mass is 32.2. The van der Waals surface area contributed by atoms with Crippen LogP contribution in [0, 0.1) is 6.92 Å². The van der Waals surface area contributed by atoms with E-state index in [0.717, 1.165) is 22.3 Å². The number of hydrogen-bond donors (Lipinski definition) is 1. The molecule has 1 N–H and O–H groups in total. The fraction of sp³-hybridized carbons (Fsp3) is 0.133. The first-order valence-corrected chi connectivity index (χ1v) is 7.31. The molecular weight excluding hydrogens is 268 g/mol. The summed E-state index contributed by atoms with van der Waals surface area (Å²) in [5.41, 5.74) is 3.45. The molecule has 1 aromatic carbocycles. The SMILES string of the molecule is Cc1ccc(-c2nc(SCc3cccnc3)n[nH]2)cc1. The van der Waals surface area contributed by atoms with E-state index in [1.807, 2.05) is 30.5 Å². The van der Waals surface area contributed by atoms with Gasteiger partial charge in [-0.15, -0.1) is 5.10 Å².